The van der Waals surface area contributed by atoms with E-state index in [0.717, 1.165) is 19.6 Å². The van der Waals surface area contributed by atoms with Gasteiger partial charge < -0.3 is 14.5 Å². The summed E-state index contributed by atoms with van der Waals surface area (Å²) in [5.74, 6) is -0.788. The van der Waals surface area contributed by atoms with Crippen LogP contribution in [0.1, 0.15) is 31.1 Å². The molecule has 0 heterocycles. The number of hydrogen-bond donors (Lipinski definition) is 0. The van der Waals surface area contributed by atoms with Gasteiger partial charge in [-0.05, 0) is 37.4 Å². The van der Waals surface area contributed by atoms with Gasteiger partial charge in [-0.15, -0.1) is 0 Å². The minimum Gasteiger partial charge on any atom is -0.469 e. The number of nitrogens with zero attached hydrogens (tertiary/aromatic N) is 2. The minimum atomic E-state index is -0.372. The quantitative estimate of drug-likeness (QED) is 0.640. The molecule has 0 N–H and O–H groups in total. The van der Waals surface area contributed by atoms with Crippen molar-refractivity contribution in [2.45, 2.75) is 20.8 Å². The van der Waals surface area contributed by atoms with Crippen LogP contribution in [0.2, 0.25) is 5.02 Å². The maximum absolute atomic E-state index is 12.8. The molecule has 1 unspecified atom stereocenters. The molecule has 1 rings (SSSR count). The van der Waals surface area contributed by atoms with Gasteiger partial charge in [0.1, 0.15) is 0 Å². The number of methoxy groups -OCH3 is 1. The monoisotopic (exact) mass is 354 g/mol. The zero-order valence-electron chi connectivity index (χ0n) is 14.9. The number of rotatable bonds is 9. The van der Waals surface area contributed by atoms with Gasteiger partial charge in [0.25, 0.3) is 5.91 Å². The van der Waals surface area contributed by atoms with Crippen LogP contribution in [-0.4, -0.2) is 61.5 Å². The van der Waals surface area contributed by atoms with Crippen LogP contribution < -0.4 is 0 Å². The van der Waals surface area contributed by atoms with E-state index >= 15 is 0 Å². The summed E-state index contributed by atoms with van der Waals surface area (Å²) < 4.78 is 4.78. The van der Waals surface area contributed by atoms with Crippen molar-refractivity contribution >= 4 is 23.5 Å². The molecule has 0 aromatic heterocycles. The third-order valence-corrected chi connectivity index (χ3v) is 4.31. The summed E-state index contributed by atoms with van der Waals surface area (Å²) >= 11 is 5.89. The molecule has 1 amide bonds. The van der Waals surface area contributed by atoms with Crippen LogP contribution in [0.5, 0.6) is 0 Å². The molecule has 0 saturated heterocycles. The Hall–Kier alpha value is -1.59. The third kappa shape index (κ3) is 6.13. The molecule has 0 radical (unpaired) electrons. The highest BCUT2D eigenvalue weighted by atomic mass is 35.5. The molecule has 6 heteroatoms. The zero-order valence-corrected chi connectivity index (χ0v) is 15.7. The van der Waals surface area contributed by atoms with Gasteiger partial charge in [0.2, 0.25) is 0 Å². The smallest absolute Gasteiger partial charge is 0.310 e. The lowest BCUT2D eigenvalue weighted by atomic mass is 10.1. The Morgan fingerprint density at radius 3 is 2.21 bits per heavy atom. The second kappa shape index (κ2) is 10.3. The molecule has 134 valence electrons. The Balaban J connectivity index is 2.87. The normalized spacial score (nSPS) is 12.1. The van der Waals surface area contributed by atoms with Crippen molar-refractivity contribution < 1.29 is 14.3 Å². The van der Waals surface area contributed by atoms with Gasteiger partial charge in [0.15, 0.2) is 0 Å². The molecule has 1 atom stereocenters. The van der Waals surface area contributed by atoms with Crippen LogP contribution >= 0.6 is 11.6 Å². The number of carbonyl (C=O) groups excluding carboxylic acids is 2. The molecule has 0 saturated carbocycles. The summed E-state index contributed by atoms with van der Waals surface area (Å²) in [4.78, 5) is 28.5. The van der Waals surface area contributed by atoms with Crippen LogP contribution in [-0.2, 0) is 9.53 Å². The first-order chi connectivity index (χ1) is 11.4. The second-order valence-corrected chi connectivity index (χ2v) is 6.15. The lowest BCUT2D eigenvalue weighted by molar-refractivity contribution is -0.145. The number of halogens is 1. The van der Waals surface area contributed by atoms with Crippen LogP contribution in [0, 0.1) is 5.92 Å². The fourth-order valence-corrected chi connectivity index (χ4v) is 2.59. The van der Waals surface area contributed by atoms with Crippen molar-refractivity contribution in [3.8, 4) is 0 Å². The van der Waals surface area contributed by atoms with Crippen LogP contribution in [0.4, 0.5) is 0 Å². The molecule has 0 spiro atoms. The predicted molar refractivity (Wildman–Crippen MR) is 96.3 cm³/mol. The molecule has 0 fully saturated rings. The SMILES string of the molecule is CCN(CC)CCN(CC(C)C(=O)OC)C(=O)c1ccc(Cl)cc1. The number of ether oxygens (including phenoxy) is 1. The van der Waals surface area contributed by atoms with E-state index in [1.807, 2.05) is 0 Å². The Morgan fingerprint density at radius 2 is 1.71 bits per heavy atom. The molecular formula is C18H27ClN2O3. The average Bonchev–Trinajstić information content (AvgIpc) is 2.60. The fourth-order valence-electron chi connectivity index (χ4n) is 2.46. The molecule has 0 aliphatic carbocycles. The second-order valence-electron chi connectivity index (χ2n) is 5.71. The summed E-state index contributed by atoms with van der Waals surface area (Å²) in [5.41, 5.74) is 0.566. The van der Waals surface area contributed by atoms with E-state index in [9.17, 15) is 9.59 Å². The van der Waals surface area contributed by atoms with Crippen molar-refractivity contribution in [1.29, 1.82) is 0 Å². The van der Waals surface area contributed by atoms with Crippen molar-refractivity contribution in [2.24, 2.45) is 5.92 Å². The van der Waals surface area contributed by atoms with E-state index in [0.29, 0.717) is 23.7 Å². The average molecular weight is 355 g/mol. The largest absolute Gasteiger partial charge is 0.469 e. The van der Waals surface area contributed by atoms with Gasteiger partial charge in [-0.3, -0.25) is 9.59 Å². The zero-order chi connectivity index (χ0) is 18.1. The first-order valence-electron chi connectivity index (χ1n) is 8.27. The van der Waals surface area contributed by atoms with Gasteiger partial charge in [0.05, 0.1) is 13.0 Å². The molecule has 1 aromatic rings. The molecule has 0 aliphatic rings. The first kappa shape index (κ1) is 20.5. The van der Waals surface area contributed by atoms with E-state index in [1.165, 1.54) is 7.11 Å². The highest BCUT2D eigenvalue weighted by molar-refractivity contribution is 6.30. The molecule has 0 aliphatic heterocycles. The molecule has 24 heavy (non-hydrogen) atoms. The molecular weight excluding hydrogens is 328 g/mol. The number of likely N-dealkylation sites (N-methyl/N-ethyl adjacent to an activating group) is 1. The predicted octanol–water partition coefficient (Wildman–Crippen LogP) is 2.93. The van der Waals surface area contributed by atoms with E-state index in [2.05, 4.69) is 18.7 Å². The summed E-state index contributed by atoms with van der Waals surface area (Å²) in [6.45, 7) is 9.45. The van der Waals surface area contributed by atoms with Gasteiger partial charge >= 0.3 is 5.97 Å². The Labute approximate surface area is 149 Å². The lowest BCUT2D eigenvalue weighted by Gasteiger charge is -2.28. The molecule has 1 aromatic carbocycles. The minimum absolute atomic E-state index is 0.102. The lowest BCUT2D eigenvalue weighted by Crippen LogP contribution is -2.42. The maximum Gasteiger partial charge on any atom is 0.310 e. The van der Waals surface area contributed by atoms with E-state index in [1.54, 1.807) is 36.1 Å². The van der Waals surface area contributed by atoms with Gasteiger partial charge in [-0.25, -0.2) is 0 Å². The first-order valence-corrected chi connectivity index (χ1v) is 8.65. The highest BCUT2D eigenvalue weighted by Gasteiger charge is 2.22. The Bertz CT molecular complexity index is 530. The molecule has 5 nitrogen and oxygen atoms in total. The van der Waals surface area contributed by atoms with E-state index in [4.69, 9.17) is 16.3 Å². The van der Waals surface area contributed by atoms with E-state index in [-0.39, 0.29) is 17.8 Å². The fraction of sp³-hybridized carbons (Fsp3) is 0.556. The van der Waals surface area contributed by atoms with Crippen LogP contribution in [0.25, 0.3) is 0 Å². The number of amides is 1. The summed E-state index contributed by atoms with van der Waals surface area (Å²) in [5, 5.41) is 0.587. The highest BCUT2D eigenvalue weighted by Crippen LogP contribution is 2.13. The Kier molecular flexibility index (Phi) is 8.79. The van der Waals surface area contributed by atoms with Gasteiger partial charge in [-0.1, -0.05) is 32.4 Å². The Morgan fingerprint density at radius 1 is 1.12 bits per heavy atom. The standard InChI is InChI=1S/C18H27ClN2O3/c1-5-20(6-2)11-12-21(13-14(3)18(23)24-4)17(22)15-7-9-16(19)10-8-15/h7-10,14H,5-6,11-13H2,1-4H3. The third-order valence-electron chi connectivity index (χ3n) is 4.06. The summed E-state index contributed by atoms with van der Waals surface area (Å²) in [6, 6.07) is 6.80. The van der Waals surface area contributed by atoms with Crippen molar-refractivity contribution in [1.82, 2.24) is 9.80 Å². The maximum atomic E-state index is 12.8. The van der Waals surface area contributed by atoms with Gasteiger partial charge in [0, 0.05) is 30.2 Å². The van der Waals surface area contributed by atoms with Crippen molar-refractivity contribution in [3.63, 3.8) is 0 Å². The van der Waals surface area contributed by atoms with Gasteiger partial charge in [-0.2, -0.15) is 0 Å². The van der Waals surface area contributed by atoms with Crippen molar-refractivity contribution in [2.75, 3.05) is 39.8 Å². The van der Waals surface area contributed by atoms with Crippen LogP contribution in [0.15, 0.2) is 24.3 Å². The van der Waals surface area contributed by atoms with Crippen LogP contribution in [0.3, 0.4) is 0 Å². The van der Waals surface area contributed by atoms with Crippen molar-refractivity contribution in [3.05, 3.63) is 34.9 Å². The number of hydrogen-bond acceptors (Lipinski definition) is 4. The number of benzene rings is 1. The topological polar surface area (TPSA) is 49.9 Å². The van der Waals surface area contributed by atoms with E-state index < -0.39 is 0 Å². The number of esters is 1. The summed E-state index contributed by atoms with van der Waals surface area (Å²) in [7, 11) is 1.36. The number of carbonyl (C=O) groups is 2. The summed E-state index contributed by atoms with van der Waals surface area (Å²) in [6.07, 6.45) is 0. The molecule has 0 bridgehead atoms.